The standard InChI is InChI=1S/C19H23N3OS/c1-14-11-16(8-10-21-14)19(23)22-17-4-6-18(7-5-17)24-13-15-3-2-9-20-12-15/h2-7,9,12,14,16,21H,8,10-11,13H2,1H3,(H,22,23)/t14-,16-/m0/s1. The lowest BCUT2D eigenvalue weighted by Gasteiger charge is -2.27. The monoisotopic (exact) mass is 341 g/mol. The lowest BCUT2D eigenvalue weighted by molar-refractivity contribution is -0.120. The molecule has 3 rings (SSSR count). The molecule has 4 nitrogen and oxygen atoms in total. The predicted octanol–water partition coefficient (Wildman–Crippen LogP) is 3.70. The molecule has 1 aromatic heterocycles. The zero-order valence-corrected chi connectivity index (χ0v) is 14.7. The van der Waals surface area contributed by atoms with Gasteiger partial charge in [0.1, 0.15) is 0 Å². The Bertz CT molecular complexity index is 660. The topological polar surface area (TPSA) is 54.0 Å². The number of nitrogens with zero attached hydrogens (tertiary/aromatic N) is 1. The van der Waals surface area contributed by atoms with Crippen LogP contribution in [0.3, 0.4) is 0 Å². The van der Waals surface area contributed by atoms with Crippen LogP contribution in [0.1, 0.15) is 25.3 Å². The van der Waals surface area contributed by atoms with Gasteiger partial charge < -0.3 is 10.6 Å². The van der Waals surface area contributed by atoms with Gasteiger partial charge in [-0.05, 0) is 62.2 Å². The van der Waals surface area contributed by atoms with Crippen molar-refractivity contribution in [2.45, 2.75) is 36.5 Å². The van der Waals surface area contributed by atoms with E-state index in [2.05, 4.69) is 40.7 Å². The Kier molecular flexibility index (Phi) is 5.88. The van der Waals surface area contributed by atoms with Crippen molar-refractivity contribution in [1.29, 1.82) is 0 Å². The molecule has 1 saturated heterocycles. The first kappa shape index (κ1) is 17.0. The number of amides is 1. The first-order valence-corrected chi connectivity index (χ1v) is 9.35. The van der Waals surface area contributed by atoms with Crippen LogP contribution in [-0.2, 0) is 10.5 Å². The third-order valence-corrected chi connectivity index (χ3v) is 5.33. The first-order valence-electron chi connectivity index (χ1n) is 8.37. The predicted molar refractivity (Wildman–Crippen MR) is 99.1 cm³/mol. The van der Waals surface area contributed by atoms with Crippen LogP contribution in [0.4, 0.5) is 5.69 Å². The summed E-state index contributed by atoms with van der Waals surface area (Å²) >= 11 is 1.77. The van der Waals surface area contributed by atoms with Crippen LogP contribution in [0.2, 0.25) is 0 Å². The van der Waals surface area contributed by atoms with Crippen LogP contribution in [-0.4, -0.2) is 23.5 Å². The van der Waals surface area contributed by atoms with Crippen molar-refractivity contribution in [3.63, 3.8) is 0 Å². The third-order valence-electron chi connectivity index (χ3n) is 4.24. The van der Waals surface area contributed by atoms with E-state index in [0.29, 0.717) is 6.04 Å². The number of rotatable bonds is 5. The van der Waals surface area contributed by atoms with Gasteiger partial charge in [0.25, 0.3) is 0 Å². The lowest BCUT2D eigenvalue weighted by Crippen LogP contribution is -2.40. The maximum Gasteiger partial charge on any atom is 0.227 e. The number of carbonyl (C=O) groups is 1. The van der Waals surface area contributed by atoms with Gasteiger partial charge in [-0.25, -0.2) is 0 Å². The Morgan fingerprint density at radius 3 is 2.88 bits per heavy atom. The molecule has 0 unspecified atom stereocenters. The van der Waals surface area contributed by atoms with Crippen LogP contribution < -0.4 is 10.6 Å². The summed E-state index contributed by atoms with van der Waals surface area (Å²) in [5.41, 5.74) is 2.08. The van der Waals surface area contributed by atoms with Gasteiger partial charge in [-0.3, -0.25) is 9.78 Å². The maximum atomic E-state index is 12.4. The number of anilines is 1. The largest absolute Gasteiger partial charge is 0.326 e. The van der Waals surface area contributed by atoms with E-state index in [9.17, 15) is 4.79 Å². The van der Waals surface area contributed by atoms with Crippen LogP contribution >= 0.6 is 11.8 Å². The molecule has 1 aromatic carbocycles. The summed E-state index contributed by atoms with van der Waals surface area (Å²) < 4.78 is 0. The second-order valence-corrected chi connectivity index (χ2v) is 7.29. The number of pyridine rings is 1. The summed E-state index contributed by atoms with van der Waals surface area (Å²) in [5.74, 6) is 1.15. The van der Waals surface area contributed by atoms with E-state index in [0.717, 1.165) is 30.8 Å². The van der Waals surface area contributed by atoms with Gasteiger partial charge in [-0.1, -0.05) is 6.07 Å². The van der Waals surface area contributed by atoms with Crippen molar-refractivity contribution < 1.29 is 4.79 Å². The van der Waals surface area contributed by atoms with Gasteiger partial charge in [0, 0.05) is 40.7 Å². The molecule has 0 aliphatic carbocycles. The number of piperidine rings is 1. The molecule has 1 aliphatic heterocycles. The van der Waals surface area contributed by atoms with Crippen molar-refractivity contribution in [2.75, 3.05) is 11.9 Å². The van der Waals surface area contributed by atoms with E-state index in [1.165, 1.54) is 10.5 Å². The molecule has 2 atom stereocenters. The summed E-state index contributed by atoms with van der Waals surface area (Å²) in [4.78, 5) is 17.7. The molecule has 24 heavy (non-hydrogen) atoms. The van der Waals surface area contributed by atoms with E-state index in [1.54, 1.807) is 18.0 Å². The van der Waals surface area contributed by atoms with E-state index in [-0.39, 0.29) is 11.8 Å². The number of nitrogens with one attached hydrogen (secondary N) is 2. The van der Waals surface area contributed by atoms with Crippen molar-refractivity contribution in [3.8, 4) is 0 Å². The molecule has 0 saturated carbocycles. The number of carbonyl (C=O) groups excluding carboxylic acids is 1. The van der Waals surface area contributed by atoms with Gasteiger partial charge in [0.2, 0.25) is 5.91 Å². The van der Waals surface area contributed by atoms with E-state index < -0.39 is 0 Å². The van der Waals surface area contributed by atoms with Crippen molar-refractivity contribution in [3.05, 3.63) is 54.4 Å². The molecule has 1 fully saturated rings. The molecule has 2 heterocycles. The summed E-state index contributed by atoms with van der Waals surface area (Å²) in [6, 6.07) is 12.5. The van der Waals surface area contributed by atoms with Gasteiger partial charge >= 0.3 is 0 Å². The molecule has 0 bridgehead atoms. The minimum absolute atomic E-state index is 0.112. The van der Waals surface area contributed by atoms with Crippen molar-refractivity contribution >= 4 is 23.4 Å². The average Bonchev–Trinajstić information content (AvgIpc) is 2.62. The molecule has 1 amide bonds. The first-order chi connectivity index (χ1) is 11.7. The Labute approximate surface area is 147 Å². The Morgan fingerprint density at radius 2 is 2.17 bits per heavy atom. The van der Waals surface area contributed by atoms with E-state index >= 15 is 0 Å². The number of hydrogen-bond acceptors (Lipinski definition) is 4. The molecule has 126 valence electrons. The van der Waals surface area contributed by atoms with E-state index in [1.807, 2.05) is 24.4 Å². The highest BCUT2D eigenvalue weighted by molar-refractivity contribution is 7.98. The van der Waals surface area contributed by atoms with Crippen LogP contribution in [0.25, 0.3) is 0 Å². The van der Waals surface area contributed by atoms with Gasteiger partial charge in [-0.15, -0.1) is 11.8 Å². The molecule has 0 spiro atoms. The maximum absolute atomic E-state index is 12.4. The van der Waals surface area contributed by atoms with Crippen molar-refractivity contribution in [2.24, 2.45) is 5.92 Å². The SMILES string of the molecule is C[C@H]1C[C@@H](C(=O)Nc2ccc(SCc3cccnc3)cc2)CCN1. The molecule has 1 aliphatic rings. The highest BCUT2D eigenvalue weighted by atomic mass is 32.2. The molecule has 2 N–H and O–H groups in total. The fourth-order valence-corrected chi connectivity index (χ4v) is 3.73. The lowest BCUT2D eigenvalue weighted by atomic mass is 9.92. The average molecular weight is 341 g/mol. The van der Waals surface area contributed by atoms with Crippen LogP contribution in [0.15, 0.2) is 53.7 Å². The minimum Gasteiger partial charge on any atom is -0.326 e. The van der Waals surface area contributed by atoms with Gasteiger partial charge in [0.15, 0.2) is 0 Å². The summed E-state index contributed by atoms with van der Waals surface area (Å²) in [7, 11) is 0. The quantitative estimate of drug-likeness (QED) is 0.814. The van der Waals surface area contributed by atoms with Crippen molar-refractivity contribution in [1.82, 2.24) is 10.3 Å². The number of hydrogen-bond donors (Lipinski definition) is 2. The van der Waals surface area contributed by atoms with Gasteiger partial charge in [-0.2, -0.15) is 0 Å². The Morgan fingerprint density at radius 1 is 1.33 bits per heavy atom. The fourth-order valence-electron chi connectivity index (χ4n) is 2.90. The smallest absolute Gasteiger partial charge is 0.227 e. The zero-order valence-electron chi connectivity index (χ0n) is 13.9. The molecule has 0 radical (unpaired) electrons. The highest BCUT2D eigenvalue weighted by Crippen LogP contribution is 2.25. The Balaban J connectivity index is 1.51. The Hall–Kier alpha value is -1.85. The number of benzene rings is 1. The van der Waals surface area contributed by atoms with Crippen LogP contribution in [0.5, 0.6) is 0 Å². The minimum atomic E-state index is 0.112. The zero-order chi connectivity index (χ0) is 16.8. The normalized spacial score (nSPS) is 20.5. The second-order valence-electron chi connectivity index (χ2n) is 6.24. The number of aromatic nitrogens is 1. The number of thioether (sulfide) groups is 1. The molecule has 5 heteroatoms. The van der Waals surface area contributed by atoms with Crippen LogP contribution in [0, 0.1) is 5.92 Å². The molecular weight excluding hydrogens is 318 g/mol. The van der Waals surface area contributed by atoms with Gasteiger partial charge in [0.05, 0.1) is 0 Å². The summed E-state index contributed by atoms with van der Waals surface area (Å²) in [6.07, 6.45) is 5.50. The molecular formula is C19H23N3OS. The molecule has 2 aromatic rings. The third kappa shape index (κ3) is 4.82. The summed E-state index contributed by atoms with van der Waals surface area (Å²) in [5, 5.41) is 6.43. The van der Waals surface area contributed by atoms with E-state index in [4.69, 9.17) is 0 Å². The fraction of sp³-hybridized carbons (Fsp3) is 0.368. The second kappa shape index (κ2) is 8.31. The summed E-state index contributed by atoms with van der Waals surface area (Å²) in [6.45, 7) is 3.05. The highest BCUT2D eigenvalue weighted by Gasteiger charge is 2.24.